The van der Waals surface area contributed by atoms with E-state index in [4.69, 9.17) is 5.73 Å². The van der Waals surface area contributed by atoms with E-state index in [-0.39, 0.29) is 23.8 Å². The molecular weight excluding hydrogens is 266 g/mol. The van der Waals surface area contributed by atoms with Crippen molar-refractivity contribution < 1.29 is 9.59 Å². The Morgan fingerprint density at radius 3 is 2.48 bits per heavy atom. The number of hydrogen-bond donors (Lipinski definition) is 3. The van der Waals surface area contributed by atoms with Gasteiger partial charge in [0.05, 0.1) is 6.04 Å². The number of nitrogens with one attached hydrogen (secondary N) is 2. The number of hydrogen-bond acceptors (Lipinski definition) is 3. The summed E-state index contributed by atoms with van der Waals surface area (Å²) in [5.41, 5.74) is 6.98. The Morgan fingerprint density at radius 2 is 1.90 bits per heavy atom. The fourth-order valence-electron chi connectivity index (χ4n) is 1.82. The Bertz CT molecular complexity index is 500. The van der Waals surface area contributed by atoms with Gasteiger partial charge in [-0.3, -0.25) is 9.59 Å². The van der Waals surface area contributed by atoms with Crippen LogP contribution in [0.25, 0.3) is 0 Å². The summed E-state index contributed by atoms with van der Waals surface area (Å²) in [6.45, 7) is 7.73. The molecular formula is C16H25N3O2. The molecule has 0 aliphatic carbocycles. The van der Waals surface area contributed by atoms with E-state index in [1.165, 1.54) is 0 Å². The summed E-state index contributed by atoms with van der Waals surface area (Å²) in [6, 6.07) is 6.35. The summed E-state index contributed by atoms with van der Waals surface area (Å²) in [7, 11) is 0. The lowest BCUT2D eigenvalue weighted by Crippen LogP contribution is -2.40. The average Bonchev–Trinajstić information content (AvgIpc) is 2.45. The molecule has 5 nitrogen and oxygen atoms in total. The Labute approximate surface area is 126 Å². The lowest BCUT2D eigenvalue weighted by atomic mass is 9.99. The van der Waals surface area contributed by atoms with Crippen LogP contribution in [0.2, 0.25) is 0 Å². The van der Waals surface area contributed by atoms with E-state index in [2.05, 4.69) is 10.6 Å². The highest BCUT2D eigenvalue weighted by atomic mass is 16.2. The van der Waals surface area contributed by atoms with Crippen LogP contribution in [-0.4, -0.2) is 23.9 Å². The first-order chi connectivity index (χ1) is 9.85. The first-order valence-corrected chi connectivity index (χ1v) is 7.32. The zero-order valence-electron chi connectivity index (χ0n) is 13.1. The summed E-state index contributed by atoms with van der Waals surface area (Å²) < 4.78 is 0. The van der Waals surface area contributed by atoms with Crippen LogP contribution in [-0.2, 0) is 4.79 Å². The van der Waals surface area contributed by atoms with Gasteiger partial charge in [-0.2, -0.15) is 0 Å². The molecule has 1 rings (SSSR count). The summed E-state index contributed by atoms with van der Waals surface area (Å²) in [4.78, 5) is 24.0. The minimum absolute atomic E-state index is 0.0644. The van der Waals surface area contributed by atoms with Gasteiger partial charge >= 0.3 is 0 Å². The second kappa shape index (κ2) is 7.78. The monoisotopic (exact) mass is 291 g/mol. The van der Waals surface area contributed by atoms with Gasteiger partial charge in [0.2, 0.25) is 5.91 Å². The third-order valence-corrected chi connectivity index (χ3v) is 3.37. The molecule has 1 aromatic carbocycles. The number of carbonyl (C=O) groups excluding carboxylic acids is 2. The van der Waals surface area contributed by atoms with Gasteiger partial charge in [0.1, 0.15) is 0 Å². The highest BCUT2D eigenvalue weighted by Crippen LogP contribution is 2.13. The predicted octanol–water partition coefficient (Wildman–Crippen LogP) is 2.14. The molecule has 0 aliphatic heterocycles. The molecule has 0 saturated heterocycles. The molecule has 21 heavy (non-hydrogen) atoms. The van der Waals surface area contributed by atoms with Crippen molar-refractivity contribution in [3.8, 4) is 0 Å². The van der Waals surface area contributed by atoms with Crippen molar-refractivity contribution in [2.24, 2.45) is 11.7 Å². The molecule has 1 aromatic rings. The van der Waals surface area contributed by atoms with Crippen LogP contribution < -0.4 is 16.4 Å². The van der Waals surface area contributed by atoms with E-state index in [0.29, 0.717) is 11.3 Å². The van der Waals surface area contributed by atoms with Crippen LogP contribution in [0.15, 0.2) is 24.3 Å². The van der Waals surface area contributed by atoms with Crippen LogP contribution in [0.3, 0.4) is 0 Å². The smallest absolute Gasteiger partial charge is 0.251 e. The van der Waals surface area contributed by atoms with Crippen LogP contribution in [0.5, 0.6) is 0 Å². The van der Waals surface area contributed by atoms with Crippen LogP contribution in [0.1, 0.15) is 44.5 Å². The van der Waals surface area contributed by atoms with Gasteiger partial charge in [-0.1, -0.05) is 26.3 Å². The van der Waals surface area contributed by atoms with Crippen LogP contribution in [0.4, 0.5) is 5.69 Å². The SMILES string of the molecule is CC[C@H](C)[C@H](N)C(=O)Nc1cccc(C(=O)NC(C)C)c1. The molecule has 5 heteroatoms. The highest BCUT2D eigenvalue weighted by molar-refractivity contribution is 5.98. The number of anilines is 1. The Hall–Kier alpha value is -1.88. The third-order valence-electron chi connectivity index (χ3n) is 3.37. The molecule has 0 fully saturated rings. The zero-order valence-corrected chi connectivity index (χ0v) is 13.1. The van der Waals surface area contributed by atoms with Crippen molar-refractivity contribution in [3.05, 3.63) is 29.8 Å². The molecule has 0 saturated carbocycles. The van der Waals surface area contributed by atoms with Crippen molar-refractivity contribution in [1.29, 1.82) is 0 Å². The van der Waals surface area contributed by atoms with Gasteiger partial charge in [-0.25, -0.2) is 0 Å². The maximum Gasteiger partial charge on any atom is 0.251 e. The number of rotatable bonds is 6. The molecule has 0 aromatic heterocycles. The largest absolute Gasteiger partial charge is 0.350 e. The third kappa shape index (κ3) is 5.19. The molecule has 0 bridgehead atoms. The molecule has 0 spiro atoms. The van der Waals surface area contributed by atoms with E-state index < -0.39 is 6.04 Å². The molecule has 4 N–H and O–H groups in total. The summed E-state index contributed by atoms with van der Waals surface area (Å²) in [5, 5.41) is 5.57. The summed E-state index contributed by atoms with van der Waals surface area (Å²) >= 11 is 0. The minimum Gasteiger partial charge on any atom is -0.350 e. The lowest BCUT2D eigenvalue weighted by Gasteiger charge is -2.18. The topological polar surface area (TPSA) is 84.2 Å². The maximum atomic E-state index is 12.0. The number of amides is 2. The van der Waals surface area contributed by atoms with E-state index >= 15 is 0 Å². The van der Waals surface area contributed by atoms with E-state index in [1.54, 1.807) is 24.3 Å². The quantitative estimate of drug-likeness (QED) is 0.750. The second-order valence-electron chi connectivity index (χ2n) is 5.61. The molecule has 0 unspecified atom stereocenters. The first-order valence-electron chi connectivity index (χ1n) is 7.32. The van der Waals surface area contributed by atoms with Gasteiger partial charge < -0.3 is 16.4 Å². The zero-order chi connectivity index (χ0) is 16.0. The molecule has 116 valence electrons. The van der Waals surface area contributed by atoms with Crippen molar-refractivity contribution >= 4 is 17.5 Å². The molecule has 2 amide bonds. The standard InChI is InChI=1S/C16H25N3O2/c1-5-11(4)14(17)16(21)19-13-8-6-7-12(9-13)15(20)18-10(2)3/h6-11,14H,5,17H2,1-4H3,(H,18,20)(H,19,21)/t11-,14-/m0/s1. The molecule has 0 aliphatic rings. The van der Waals surface area contributed by atoms with Crippen LogP contribution in [0, 0.1) is 5.92 Å². The van der Waals surface area contributed by atoms with Gasteiger partial charge in [0, 0.05) is 17.3 Å². The van der Waals surface area contributed by atoms with Gasteiger partial charge in [-0.15, -0.1) is 0 Å². The highest BCUT2D eigenvalue weighted by Gasteiger charge is 2.19. The van der Waals surface area contributed by atoms with Crippen molar-refractivity contribution in [3.63, 3.8) is 0 Å². The summed E-state index contributed by atoms with van der Waals surface area (Å²) in [6.07, 6.45) is 0.839. The van der Waals surface area contributed by atoms with Gasteiger partial charge in [-0.05, 0) is 38.0 Å². The maximum absolute atomic E-state index is 12.0. The Morgan fingerprint density at radius 1 is 1.24 bits per heavy atom. The molecule has 2 atom stereocenters. The first kappa shape index (κ1) is 17.2. The fraction of sp³-hybridized carbons (Fsp3) is 0.500. The van der Waals surface area contributed by atoms with Gasteiger partial charge in [0.15, 0.2) is 0 Å². The van der Waals surface area contributed by atoms with Crippen molar-refractivity contribution in [2.45, 2.75) is 46.2 Å². The number of nitrogens with two attached hydrogens (primary N) is 1. The minimum atomic E-state index is -0.553. The van der Waals surface area contributed by atoms with Crippen molar-refractivity contribution in [1.82, 2.24) is 5.32 Å². The second-order valence-corrected chi connectivity index (χ2v) is 5.61. The summed E-state index contributed by atoms with van der Waals surface area (Å²) in [5.74, 6) is -0.282. The van der Waals surface area contributed by atoms with E-state index in [1.807, 2.05) is 27.7 Å². The molecule has 0 radical (unpaired) electrons. The van der Waals surface area contributed by atoms with E-state index in [9.17, 15) is 9.59 Å². The predicted molar refractivity (Wildman–Crippen MR) is 85.1 cm³/mol. The fourth-order valence-corrected chi connectivity index (χ4v) is 1.82. The number of carbonyl (C=O) groups is 2. The average molecular weight is 291 g/mol. The van der Waals surface area contributed by atoms with E-state index in [0.717, 1.165) is 6.42 Å². The van der Waals surface area contributed by atoms with Gasteiger partial charge in [0.25, 0.3) is 5.91 Å². The van der Waals surface area contributed by atoms with Crippen molar-refractivity contribution in [2.75, 3.05) is 5.32 Å². The normalized spacial score (nSPS) is 13.6. The molecule has 0 heterocycles. The van der Waals surface area contributed by atoms with Crippen LogP contribution >= 0.6 is 0 Å². The lowest BCUT2D eigenvalue weighted by molar-refractivity contribution is -0.118. The Balaban J connectivity index is 2.77. The number of benzene rings is 1. The Kier molecular flexibility index (Phi) is 6.37.